The number of aromatic nitrogens is 2. The van der Waals surface area contributed by atoms with Crippen molar-refractivity contribution in [1.82, 2.24) is 13.9 Å². The second kappa shape index (κ2) is 7.44. The number of hydrogen-bond acceptors (Lipinski definition) is 6. The Balaban J connectivity index is 1.82. The van der Waals surface area contributed by atoms with Gasteiger partial charge in [-0.25, -0.2) is 13.4 Å². The molecule has 26 heavy (non-hydrogen) atoms. The number of carbonyl (C=O) groups is 1. The molecule has 3 rings (SSSR count). The molecule has 1 aromatic carbocycles. The molecule has 1 atom stereocenters. The van der Waals surface area contributed by atoms with Gasteiger partial charge in [-0.3, -0.25) is 4.79 Å². The lowest BCUT2D eigenvalue weighted by Gasteiger charge is -2.26. The molecule has 1 aliphatic heterocycles. The number of phenols is 1. The van der Waals surface area contributed by atoms with Crippen LogP contribution >= 0.6 is 0 Å². The normalized spacial score (nSPS) is 17.0. The van der Waals surface area contributed by atoms with Gasteiger partial charge in [0.15, 0.2) is 0 Å². The van der Waals surface area contributed by atoms with Crippen molar-refractivity contribution in [3.8, 4) is 5.75 Å². The number of aromatic hydroxyl groups is 1. The third-order valence-corrected chi connectivity index (χ3v) is 6.08. The molecule has 0 bridgehead atoms. The second-order valence-corrected chi connectivity index (χ2v) is 7.81. The van der Waals surface area contributed by atoms with E-state index in [-0.39, 0.29) is 29.4 Å². The number of carbonyl (C=O) groups excluding carboxylic acids is 1. The molecule has 2 aromatic rings. The van der Waals surface area contributed by atoms with Crippen LogP contribution in [0, 0.1) is 0 Å². The molecule has 0 spiro atoms. The summed E-state index contributed by atoms with van der Waals surface area (Å²) in [7, 11) is -3.72. The lowest BCUT2D eigenvalue weighted by atomic mass is 10.2. The quantitative estimate of drug-likeness (QED) is 0.742. The maximum atomic E-state index is 12.7. The first-order chi connectivity index (χ1) is 12.4. The van der Waals surface area contributed by atoms with Crippen LogP contribution in [0.2, 0.25) is 0 Å². The van der Waals surface area contributed by atoms with Gasteiger partial charge in [-0.2, -0.15) is 4.31 Å². The van der Waals surface area contributed by atoms with Crippen molar-refractivity contribution < 1.29 is 23.1 Å². The summed E-state index contributed by atoms with van der Waals surface area (Å²) in [5.41, 5.74) is 0.0382. The first-order valence-corrected chi connectivity index (χ1v) is 9.53. The van der Waals surface area contributed by atoms with Gasteiger partial charge >= 0.3 is 0 Å². The van der Waals surface area contributed by atoms with Crippen molar-refractivity contribution in [1.29, 1.82) is 0 Å². The smallest absolute Gasteiger partial charge is 0.247 e. The summed E-state index contributed by atoms with van der Waals surface area (Å²) in [6, 6.07) is 3.26. The summed E-state index contributed by atoms with van der Waals surface area (Å²) in [4.78, 5) is 16.3. The van der Waals surface area contributed by atoms with Crippen molar-refractivity contribution in [3.63, 3.8) is 0 Å². The first kappa shape index (κ1) is 18.4. The van der Waals surface area contributed by atoms with E-state index in [1.165, 1.54) is 28.8 Å². The minimum absolute atomic E-state index is 0.00258. The largest absolute Gasteiger partial charge is 0.506 e. The number of morpholine rings is 1. The monoisotopic (exact) mass is 380 g/mol. The summed E-state index contributed by atoms with van der Waals surface area (Å²) in [6.07, 6.45) is 4.70. The minimum Gasteiger partial charge on any atom is -0.506 e. The van der Waals surface area contributed by atoms with Crippen LogP contribution in [0.15, 0.2) is 41.8 Å². The number of nitrogens with zero attached hydrogens (tertiary/aromatic N) is 3. The third-order valence-electron chi connectivity index (χ3n) is 4.19. The van der Waals surface area contributed by atoms with Crippen LogP contribution in [0.5, 0.6) is 5.75 Å². The SMILES string of the molecule is CC(C(=O)Nc1cc(S(=O)(=O)N2CCOCC2)ccc1O)n1ccnc1. The molecular weight excluding hydrogens is 360 g/mol. The van der Waals surface area contributed by atoms with E-state index in [4.69, 9.17) is 4.74 Å². The molecule has 0 aliphatic carbocycles. The van der Waals surface area contributed by atoms with Crippen molar-refractivity contribution in [2.75, 3.05) is 31.6 Å². The summed E-state index contributed by atoms with van der Waals surface area (Å²) in [6.45, 7) is 2.88. The zero-order valence-electron chi connectivity index (χ0n) is 14.2. The number of amides is 1. The fourth-order valence-electron chi connectivity index (χ4n) is 2.58. The van der Waals surface area contributed by atoms with Gasteiger partial charge in [0.2, 0.25) is 15.9 Å². The lowest BCUT2D eigenvalue weighted by molar-refractivity contribution is -0.118. The molecule has 2 heterocycles. The molecule has 10 heteroatoms. The maximum Gasteiger partial charge on any atom is 0.247 e. The summed E-state index contributed by atoms with van der Waals surface area (Å²) in [5, 5.41) is 12.6. The van der Waals surface area contributed by atoms with E-state index >= 15 is 0 Å². The number of imidazole rings is 1. The Morgan fingerprint density at radius 1 is 1.35 bits per heavy atom. The highest BCUT2D eigenvalue weighted by Crippen LogP contribution is 2.29. The van der Waals surface area contributed by atoms with Crippen LogP contribution in [-0.4, -0.2) is 59.6 Å². The van der Waals surface area contributed by atoms with E-state index in [1.54, 1.807) is 23.9 Å². The zero-order valence-corrected chi connectivity index (χ0v) is 15.0. The van der Waals surface area contributed by atoms with Gasteiger partial charge in [-0.1, -0.05) is 0 Å². The topological polar surface area (TPSA) is 114 Å². The van der Waals surface area contributed by atoms with Gasteiger partial charge in [-0.05, 0) is 25.1 Å². The number of sulfonamides is 1. The average molecular weight is 380 g/mol. The minimum atomic E-state index is -3.72. The van der Waals surface area contributed by atoms with Crippen LogP contribution in [0.3, 0.4) is 0 Å². The standard InChI is InChI=1S/C16H20N4O5S/c1-12(19-5-4-17-11-19)16(22)18-14-10-13(2-3-15(14)21)26(23,24)20-6-8-25-9-7-20/h2-5,10-12,21H,6-9H2,1H3,(H,18,22). The van der Waals surface area contributed by atoms with Crippen molar-refractivity contribution in [2.45, 2.75) is 17.9 Å². The number of anilines is 1. The first-order valence-electron chi connectivity index (χ1n) is 8.09. The highest BCUT2D eigenvalue weighted by Gasteiger charge is 2.27. The molecule has 0 saturated carbocycles. The molecule has 1 saturated heterocycles. The van der Waals surface area contributed by atoms with Crippen molar-refractivity contribution >= 4 is 21.6 Å². The number of rotatable bonds is 5. The van der Waals surface area contributed by atoms with E-state index in [2.05, 4.69) is 10.3 Å². The lowest BCUT2D eigenvalue weighted by Crippen LogP contribution is -2.40. The summed E-state index contributed by atoms with van der Waals surface area (Å²) >= 11 is 0. The van der Waals surface area contributed by atoms with Gasteiger partial charge in [0.05, 0.1) is 30.1 Å². The highest BCUT2D eigenvalue weighted by molar-refractivity contribution is 7.89. The van der Waals surface area contributed by atoms with E-state index in [0.717, 1.165) is 0 Å². The Hall–Kier alpha value is -2.43. The van der Waals surface area contributed by atoms with Gasteiger partial charge in [0.25, 0.3) is 0 Å². The molecule has 9 nitrogen and oxygen atoms in total. The fourth-order valence-corrected chi connectivity index (χ4v) is 4.02. The molecular formula is C16H20N4O5S. The predicted molar refractivity (Wildman–Crippen MR) is 93.3 cm³/mol. The van der Waals surface area contributed by atoms with E-state index < -0.39 is 22.0 Å². The molecule has 140 valence electrons. The average Bonchev–Trinajstić information content (AvgIpc) is 3.18. The van der Waals surface area contributed by atoms with E-state index in [0.29, 0.717) is 13.2 Å². The van der Waals surface area contributed by atoms with Crippen LogP contribution in [0.25, 0.3) is 0 Å². The van der Waals surface area contributed by atoms with Crippen LogP contribution in [-0.2, 0) is 19.6 Å². The Bertz CT molecular complexity index is 876. The number of benzene rings is 1. The van der Waals surface area contributed by atoms with Gasteiger partial charge < -0.3 is 19.7 Å². The Morgan fingerprint density at radius 3 is 2.73 bits per heavy atom. The van der Waals surface area contributed by atoms with Gasteiger partial charge in [0.1, 0.15) is 11.8 Å². The van der Waals surface area contributed by atoms with Gasteiger partial charge in [0, 0.05) is 25.5 Å². The number of hydrogen-bond donors (Lipinski definition) is 2. The third kappa shape index (κ3) is 3.71. The van der Waals surface area contributed by atoms with Crippen LogP contribution in [0.1, 0.15) is 13.0 Å². The highest BCUT2D eigenvalue weighted by atomic mass is 32.2. The molecule has 1 amide bonds. The Kier molecular flexibility index (Phi) is 5.25. The second-order valence-electron chi connectivity index (χ2n) is 5.87. The van der Waals surface area contributed by atoms with Gasteiger partial charge in [-0.15, -0.1) is 0 Å². The molecule has 1 aliphatic rings. The molecule has 0 radical (unpaired) electrons. The number of ether oxygens (including phenoxy) is 1. The van der Waals surface area contributed by atoms with Crippen LogP contribution in [0.4, 0.5) is 5.69 Å². The van der Waals surface area contributed by atoms with E-state index in [9.17, 15) is 18.3 Å². The van der Waals surface area contributed by atoms with E-state index in [1.807, 2.05) is 0 Å². The molecule has 2 N–H and O–H groups in total. The molecule has 1 aromatic heterocycles. The maximum absolute atomic E-state index is 12.7. The Morgan fingerprint density at radius 2 is 2.08 bits per heavy atom. The Labute approximate surface area is 151 Å². The fraction of sp³-hybridized carbons (Fsp3) is 0.375. The van der Waals surface area contributed by atoms with Crippen molar-refractivity contribution in [2.24, 2.45) is 0 Å². The van der Waals surface area contributed by atoms with Crippen molar-refractivity contribution in [3.05, 3.63) is 36.9 Å². The predicted octanol–water partition coefficient (Wildman–Crippen LogP) is 0.809. The molecule has 1 unspecified atom stereocenters. The molecule has 1 fully saturated rings. The van der Waals surface area contributed by atoms with Crippen LogP contribution < -0.4 is 5.32 Å². The number of nitrogens with one attached hydrogen (secondary N) is 1. The number of phenolic OH excluding ortho intramolecular Hbond substituents is 1. The summed E-state index contributed by atoms with van der Waals surface area (Å²) < 4.78 is 33.5. The summed E-state index contributed by atoms with van der Waals surface area (Å²) in [5.74, 6) is -0.615. The zero-order chi connectivity index (χ0) is 18.7.